The van der Waals surface area contributed by atoms with Crippen molar-refractivity contribution in [1.29, 1.82) is 0 Å². The third-order valence-electron chi connectivity index (χ3n) is 3.99. The van der Waals surface area contributed by atoms with Crippen molar-refractivity contribution in [2.75, 3.05) is 6.61 Å². The van der Waals surface area contributed by atoms with Gasteiger partial charge in [-0.3, -0.25) is 4.79 Å². The first-order valence-electron chi connectivity index (χ1n) is 9.45. The molecule has 8 heteroatoms. The number of carbonyl (C=O) groups is 2. The van der Waals surface area contributed by atoms with Crippen LogP contribution in [0.1, 0.15) is 11.1 Å². The highest BCUT2D eigenvalue weighted by Gasteiger charge is 2.07. The van der Waals surface area contributed by atoms with Crippen LogP contribution in [0.2, 0.25) is 10.0 Å². The highest BCUT2D eigenvalue weighted by molar-refractivity contribution is 6.42. The van der Waals surface area contributed by atoms with E-state index in [1.54, 1.807) is 48.5 Å². The molecule has 0 saturated carbocycles. The molecule has 32 heavy (non-hydrogen) atoms. The van der Waals surface area contributed by atoms with Crippen LogP contribution in [-0.2, 0) is 9.59 Å². The number of carbonyl (C=O) groups excluding carboxylic acids is 2. The lowest BCUT2D eigenvalue weighted by Gasteiger charge is -2.07. The third-order valence-corrected chi connectivity index (χ3v) is 4.79. The molecule has 0 unspecified atom stereocenters. The minimum atomic E-state index is -0.484. The molecular formula is C24H18Cl2N2O4. The topological polar surface area (TPSA) is 77.0 Å². The highest BCUT2D eigenvalue weighted by atomic mass is 35.5. The lowest BCUT2D eigenvalue weighted by Crippen LogP contribution is -2.24. The SMILES string of the molecule is O=C(COc1cccc(Cl)c1Cl)NN=Cc1ccc(OC(=O)C=Cc2ccccc2)cc1. The number of hydrazone groups is 1. The van der Waals surface area contributed by atoms with E-state index >= 15 is 0 Å². The molecular weight excluding hydrogens is 451 g/mol. The lowest BCUT2D eigenvalue weighted by molar-refractivity contribution is -0.129. The Balaban J connectivity index is 1.44. The van der Waals surface area contributed by atoms with Crippen LogP contribution in [0.15, 0.2) is 84.0 Å². The number of hydrogen-bond acceptors (Lipinski definition) is 5. The van der Waals surface area contributed by atoms with Crippen LogP contribution in [-0.4, -0.2) is 24.7 Å². The zero-order valence-corrected chi connectivity index (χ0v) is 18.2. The molecule has 1 N–H and O–H groups in total. The molecule has 0 aromatic heterocycles. The molecule has 0 aliphatic heterocycles. The van der Waals surface area contributed by atoms with Gasteiger partial charge < -0.3 is 9.47 Å². The number of nitrogens with zero attached hydrogens (tertiary/aromatic N) is 1. The number of esters is 1. The number of amides is 1. The molecule has 0 radical (unpaired) electrons. The van der Waals surface area contributed by atoms with Crippen molar-refractivity contribution in [3.8, 4) is 11.5 Å². The zero-order chi connectivity index (χ0) is 22.8. The van der Waals surface area contributed by atoms with E-state index in [4.69, 9.17) is 32.7 Å². The molecule has 0 bridgehead atoms. The van der Waals surface area contributed by atoms with Gasteiger partial charge in [-0.25, -0.2) is 10.2 Å². The smallest absolute Gasteiger partial charge is 0.336 e. The van der Waals surface area contributed by atoms with Crippen molar-refractivity contribution in [2.24, 2.45) is 5.10 Å². The minimum Gasteiger partial charge on any atom is -0.482 e. The van der Waals surface area contributed by atoms with Gasteiger partial charge >= 0.3 is 5.97 Å². The number of benzene rings is 3. The van der Waals surface area contributed by atoms with Crippen LogP contribution in [0, 0.1) is 0 Å². The first-order chi connectivity index (χ1) is 15.5. The Labute approximate surface area is 195 Å². The maximum Gasteiger partial charge on any atom is 0.336 e. The van der Waals surface area contributed by atoms with E-state index in [-0.39, 0.29) is 11.6 Å². The highest BCUT2D eigenvalue weighted by Crippen LogP contribution is 2.31. The Hall–Kier alpha value is -3.61. The fourth-order valence-electron chi connectivity index (χ4n) is 2.45. The van der Waals surface area contributed by atoms with Crippen LogP contribution >= 0.6 is 23.2 Å². The van der Waals surface area contributed by atoms with E-state index in [1.165, 1.54) is 12.3 Å². The molecule has 6 nitrogen and oxygen atoms in total. The zero-order valence-electron chi connectivity index (χ0n) is 16.7. The first kappa shape index (κ1) is 23.1. The van der Waals surface area contributed by atoms with Crippen molar-refractivity contribution in [1.82, 2.24) is 5.43 Å². The summed E-state index contributed by atoms with van der Waals surface area (Å²) < 4.78 is 10.6. The van der Waals surface area contributed by atoms with Gasteiger partial charge in [0, 0.05) is 6.08 Å². The summed E-state index contributed by atoms with van der Waals surface area (Å²) in [6.45, 7) is -0.275. The first-order valence-corrected chi connectivity index (χ1v) is 10.2. The van der Waals surface area contributed by atoms with Crippen molar-refractivity contribution in [3.05, 3.63) is 100 Å². The van der Waals surface area contributed by atoms with Gasteiger partial charge in [-0.05, 0) is 53.6 Å². The molecule has 0 atom stereocenters. The summed E-state index contributed by atoms with van der Waals surface area (Å²) >= 11 is 11.9. The quantitative estimate of drug-likeness (QED) is 0.163. The molecule has 3 aromatic carbocycles. The Bertz CT molecular complexity index is 1130. The van der Waals surface area contributed by atoms with Gasteiger partial charge in [0.1, 0.15) is 16.5 Å². The fourth-order valence-corrected chi connectivity index (χ4v) is 2.80. The van der Waals surface area contributed by atoms with Gasteiger partial charge in [0.2, 0.25) is 0 Å². The maximum absolute atomic E-state index is 11.9. The predicted molar refractivity (Wildman–Crippen MR) is 125 cm³/mol. The maximum atomic E-state index is 11.9. The van der Waals surface area contributed by atoms with E-state index in [0.717, 1.165) is 5.56 Å². The number of ether oxygens (including phenoxy) is 2. The molecule has 1 amide bonds. The van der Waals surface area contributed by atoms with Crippen LogP contribution in [0.3, 0.4) is 0 Å². The number of halogens is 2. The van der Waals surface area contributed by atoms with Crippen LogP contribution in [0.4, 0.5) is 0 Å². The summed E-state index contributed by atoms with van der Waals surface area (Å²) in [5.41, 5.74) is 3.95. The second kappa shape index (κ2) is 11.7. The van der Waals surface area contributed by atoms with E-state index in [0.29, 0.717) is 22.1 Å². The lowest BCUT2D eigenvalue weighted by atomic mass is 10.2. The van der Waals surface area contributed by atoms with Gasteiger partial charge in [0.05, 0.1) is 11.2 Å². The predicted octanol–water partition coefficient (Wildman–Crippen LogP) is 5.14. The second-order valence-corrected chi connectivity index (χ2v) is 7.15. The van der Waals surface area contributed by atoms with Crippen LogP contribution in [0.5, 0.6) is 11.5 Å². The fraction of sp³-hybridized carbons (Fsp3) is 0.0417. The van der Waals surface area contributed by atoms with Crippen LogP contribution in [0.25, 0.3) is 6.08 Å². The van der Waals surface area contributed by atoms with Gasteiger partial charge in [0.15, 0.2) is 6.61 Å². The van der Waals surface area contributed by atoms with Crippen molar-refractivity contribution >= 4 is 47.4 Å². The molecule has 0 heterocycles. The monoisotopic (exact) mass is 468 g/mol. The normalized spacial score (nSPS) is 10.9. The molecule has 0 fully saturated rings. The second-order valence-electron chi connectivity index (χ2n) is 6.37. The standard InChI is InChI=1S/C24H18Cl2N2O4/c25-20-7-4-8-21(24(20)26)31-16-22(29)28-27-15-18-9-12-19(13-10-18)32-23(30)14-11-17-5-2-1-3-6-17/h1-15H,16H2,(H,28,29). The Kier molecular flexibility index (Phi) is 8.43. The van der Waals surface area contributed by atoms with E-state index in [1.807, 2.05) is 30.3 Å². The Morgan fingerprint density at radius 2 is 1.66 bits per heavy atom. The van der Waals surface area contributed by atoms with E-state index in [2.05, 4.69) is 10.5 Å². The minimum absolute atomic E-state index is 0.238. The summed E-state index contributed by atoms with van der Waals surface area (Å²) in [5.74, 6) is -0.252. The molecule has 0 spiro atoms. The summed E-state index contributed by atoms with van der Waals surface area (Å²) in [7, 11) is 0. The average molecular weight is 469 g/mol. The summed E-state index contributed by atoms with van der Waals surface area (Å²) in [5, 5.41) is 4.44. The van der Waals surface area contributed by atoms with Crippen molar-refractivity contribution in [2.45, 2.75) is 0 Å². The van der Waals surface area contributed by atoms with Gasteiger partial charge in [-0.2, -0.15) is 5.10 Å². The van der Waals surface area contributed by atoms with Crippen molar-refractivity contribution < 1.29 is 19.1 Å². The van der Waals surface area contributed by atoms with Gasteiger partial charge in [0.25, 0.3) is 5.91 Å². The van der Waals surface area contributed by atoms with Crippen LogP contribution < -0.4 is 14.9 Å². The summed E-state index contributed by atoms with van der Waals surface area (Å²) in [6, 6.07) is 21.0. The average Bonchev–Trinajstić information content (AvgIpc) is 2.80. The molecule has 0 aliphatic rings. The third kappa shape index (κ3) is 7.27. The Morgan fingerprint density at radius 1 is 0.906 bits per heavy atom. The van der Waals surface area contributed by atoms with E-state index in [9.17, 15) is 9.59 Å². The molecule has 0 aliphatic carbocycles. The number of nitrogens with one attached hydrogen (secondary N) is 1. The largest absolute Gasteiger partial charge is 0.482 e. The van der Waals surface area contributed by atoms with E-state index < -0.39 is 11.9 Å². The van der Waals surface area contributed by atoms with Gasteiger partial charge in [-0.1, -0.05) is 59.6 Å². The Morgan fingerprint density at radius 3 is 2.41 bits per heavy atom. The molecule has 0 saturated heterocycles. The number of rotatable bonds is 8. The summed E-state index contributed by atoms with van der Waals surface area (Å²) in [4.78, 5) is 23.8. The summed E-state index contributed by atoms with van der Waals surface area (Å²) in [6.07, 6.45) is 4.49. The number of hydrogen-bond donors (Lipinski definition) is 1. The molecule has 3 rings (SSSR count). The van der Waals surface area contributed by atoms with Gasteiger partial charge in [-0.15, -0.1) is 0 Å². The van der Waals surface area contributed by atoms with Crippen molar-refractivity contribution in [3.63, 3.8) is 0 Å². The molecule has 162 valence electrons. The molecule has 3 aromatic rings.